The maximum absolute atomic E-state index is 5.95. The molecular formula is C13H26N2. The predicted molar refractivity (Wildman–Crippen MR) is 66.9 cm³/mol. The van der Waals surface area contributed by atoms with Gasteiger partial charge < -0.3 is 11.1 Å². The van der Waals surface area contributed by atoms with Gasteiger partial charge in [0.15, 0.2) is 0 Å². The summed E-state index contributed by atoms with van der Waals surface area (Å²) in [6.07, 6.45) is 9.49. The van der Waals surface area contributed by atoms with Crippen LogP contribution in [0.3, 0.4) is 0 Å². The lowest BCUT2D eigenvalue weighted by molar-refractivity contribution is 0.292. The van der Waals surface area contributed by atoms with Crippen LogP contribution in [0.2, 0.25) is 0 Å². The summed E-state index contributed by atoms with van der Waals surface area (Å²) < 4.78 is 0. The van der Waals surface area contributed by atoms with Crippen molar-refractivity contribution in [3.05, 3.63) is 12.7 Å². The predicted octanol–water partition coefficient (Wildman–Crippen LogP) is 2.45. The fraction of sp³-hybridized carbons (Fsp3) is 0.846. The van der Waals surface area contributed by atoms with Crippen LogP contribution in [0.4, 0.5) is 0 Å². The summed E-state index contributed by atoms with van der Waals surface area (Å²) >= 11 is 0. The van der Waals surface area contributed by atoms with Gasteiger partial charge in [0.05, 0.1) is 0 Å². The van der Waals surface area contributed by atoms with Gasteiger partial charge in [-0.25, -0.2) is 0 Å². The zero-order valence-electron chi connectivity index (χ0n) is 10.1. The van der Waals surface area contributed by atoms with Gasteiger partial charge in [0, 0.05) is 12.1 Å². The van der Waals surface area contributed by atoms with E-state index in [2.05, 4.69) is 18.8 Å². The van der Waals surface area contributed by atoms with Crippen molar-refractivity contribution in [3.8, 4) is 0 Å². The minimum absolute atomic E-state index is 0.216. The lowest BCUT2D eigenvalue weighted by Crippen LogP contribution is -2.51. The summed E-state index contributed by atoms with van der Waals surface area (Å²) in [6.45, 7) is 7.91. The van der Waals surface area contributed by atoms with Crippen LogP contribution in [0.5, 0.6) is 0 Å². The number of hydrogen-bond acceptors (Lipinski definition) is 2. The van der Waals surface area contributed by atoms with Crippen LogP contribution >= 0.6 is 0 Å². The summed E-state index contributed by atoms with van der Waals surface area (Å²) in [5.41, 5.74) is 6.16. The van der Waals surface area contributed by atoms with E-state index in [1.807, 2.05) is 6.08 Å². The molecule has 1 aliphatic carbocycles. The van der Waals surface area contributed by atoms with E-state index < -0.39 is 0 Å². The van der Waals surface area contributed by atoms with E-state index in [9.17, 15) is 0 Å². The van der Waals surface area contributed by atoms with Gasteiger partial charge in [-0.2, -0.15) is 0 Å². The third kappa shape index (κ3) is 3.96. The topological polar surface area (TPSA) is 38.0 Å². The van der Waals surface area contributed by atoms with Gasteiger partial charge in [-0.3, -0.25) is 0 Å². The maximum Gasteiger partial charge on any atom is 0.0304 e. The molecule has 0 heterocycles. The second-order valence-corrected chi connectivity index (χ2v) is 5.02. The molecule has 15 heavy (non-hydrogen) atoms. The Hall–Kier alpha value is -0.340. The van der Waals surface area contributed by atoms with Crippen molar-refractivity contribution >= 4 is 0 Å². The van der Waals surface area contributed by atoms with Crippen LogP contribution in [0, 0.1) is 5.92 Å². The average Bonchev–Trinajstić information content (AvgIpc) is 2.42. The molecular weight excluding hydrogens is 184 g/mol. The number of nitrogens with one attached hydrogen (secondary N) is 1. The van der Waals surface area contributed by atoms with E-state index in [1.165, 1.54) is 32.1 Å². The molecule has 0 radical (unpaired) electrons. The fourth-order valence-electron chi connectivity index (χ4n) is 2.47. The van der Waals surface area contributed by atoms with Gasteiger partial charge in [0.1, 0.15) is 0 Å². The molecule has 2 heteroatoms. The standard InChI is InChI=1S/C13H26N2/c1-3-4-10-15-13(11-14)8-5-6-12(2)7-9-13/h3,12,15H,1,4-11,14H2,2H3. The molecule has 0 aromatic rings. The Morgan fingerprint density at radius 2 is 2.27 bits per heavy atom. The highest BCUT2D eigenvalue weighted by molar-refractivity contribution is 4.92. The lowest BCUT2D eigenvalue weighted by Gasteiger charge is -2.33. The highest BCUT2D eigenvalue weighted by atomic mass is 15.0. The van der Waals surface area contributed by atoms with E-state index in [0.29, 0.717) is 0 Å². The second-order valence-electron chi connectivity index (χ2n) is 5.02. The van der Waals surface area contributed by atoms with Crippen molar-refractivity contribution in [2.45, 2.75) is 51.0 Å². The van der Waals surface area contributed by atoms with Gasteiger partial charge in [-0.05, 0) is 38.1 Å². The molecule has 2 nitrogen and oxygen atoms in total. The monoisotopic (exact) mass is 210 g/mol. The van der Waals surface area contributed by atoms with Gasteiger partial charge in [-0.1, -0.05) is 25.8 Å². The van der Waals surface area contributed by atoms with E-state index in [4.69, 9.17) is 5.73 Å². The highest BCUT2D eigenvalue weighted by Gasteiger charge is 2.29. The number of rotatable bonds is 5. The summed E-state index contributed by atoms with van der Waals surface area (Å²) in [5.74, 6) is 0.875. The largest absolute Gasteiger partial charge is 0.329 e. The van der Waals surface area contributed by atoms with E-state index in [1.54, 1.807) is 0 Å². The van der Waals surface area contributed by atoms with Crippen molar-refractivity contribution in [2.24, 2.45) is 11.7 Å². The number of nitrogens with two attached hydrogens (primary N) is 1. The first-order valence-electron chi connectivity index (χ1n) is 6.28. The molecule has 1 saturated carbocycles. The van der Waals surface area contributed by atoms with E-state index in [0.717, 1.165) is 25.4 Å². The second kappa shape index (κ2) is 6.29. The Labute approximate surface area is 94.3 Å². The Balaban J connectivity index is 2.46. The van der Waals surface area contributed by atoms with Crippen molar-refractivity contribution < 1.29 is 0 Å². The zero-order valence-corrected chi connectivity index (χ0v) is 10.1. The molecule has 0 aliphatic heterocycles. The Morgan fingerprint density at radius 3 is 2.93 bits per heavy atom. The number of hydrogen-bond donors (Lipinski definition) is 2. The van der Waals surface area contributed by atoms with Gasteiger partial charge >= 0.3 is 0 Å². The molecule has 2 atom stereocenters. The minimum Gasteiger partial charge on any atom is -0.329 e. The van der Waals surface area contributed by atoms with Crippen molar-refractivity contribution in [1.29, 1.82) is 0 Å². The van der Waals surface area contributed by atoms with Crippen LogP contribution in [-0.2, 0) is 0 Å². The van der Waals surface area contributed by atoms with Crippen molar-refractivity contribution in [2.75, 3.05) is 13.1 Å². The SMILES string of the molecule is C=CCCNC1(CN)CCCC(C)CC1. The molecule has 0 saturated heterocycles. The third-order valence-corrected chi connectivity index (χ3v) is 3.71. The quantitative estimate of drug-likeness (QED) is 0.415. The molecule has 1 fully saturated rings. The lowest BCUT2D eigenvalue weighted by atomic mass is 9.89. The molecule has 0 spiro atoms. The average molecular weight is 210 g/mol. The van der Waals surface area contributed by atoms with Gasteiger partial charge in [0.25, 0.3) is 0 Å². The molecule has 88 valence electrons. The molecule has 1 rings (SSSR count). The van der Waals surface area contributed by atoms with Crippen LogP contribution in [0.15, 0.2) is 12.7 Å². The van der Waals surface area contributed by atoms with Gasteiger partial charge in [-0.15, -0.1) is 6.58 Å². The van der Waals surface area contributed by atoms with Crippen LogP contribution in [0.1, 0.15) is 45.4 Å². The first-order chi connectivity index (χ1) is 7.22. The van der Waals surface area contributed by atoms with E-state index >= 15 is 0 Å². The Kier molecular flexibility index (Phi) is 5.34. The summed E-state index contributed by atoms with van der Waals surface area (Å²) in [6, 6.07) is 0. The molecule has 1 aliphatic rings. The minimum atomic E-state index is 0.216. The van der Waals surface area contributed by atoms with Crippen LogP contribution in [-0.4, -0.2) is 18.6 Å². The van der Waals surface area contributed by atoms with Crippen molar-refractivity contribution in [3.63, 3.8) is 0 Å². The third-order valence-electron chi connectivity index (χ3n) is 3.71. The normalized spacial score (nSPS) is 32.3. The highest BCUT2D eigenvalue weighted by Crippen LogP contribution is 2.29. The molecule has 0 aromatic heterocycles. The van der Waals surface area contributed by atoms with Crippen LogP contribution in [0.25, 0.3) is 0 Å². The Morgan fingerprint density at radius 1 is 1.47 bits per heavy atom. The maximum atomic E-state index is 5.95. The molecule has 0 amide bonds. The summed E-state index contributed by atoms with van der Waals surface area (Å²) in [4.78, 5) is 0. The molecule has 3 N–H and O–H groups in total. The zero-order chi connectivity index (χ0) is 11.1. The Bertz CT molecular complexity index is 191. The molecule has 2 unspecified atom stereocenters. The van der Waals surface area contributed by atoms with Crippen molar-refractivity contribution in [1.82, 2.24) is 5.32 Å². The first-order valence-corrected chi connectivity index (χ1v) is 6.28. The summed E-state index contributed by atoms with van der Waals surface area (Å²) in [7, 11) is 0. The summed E-state index contributed by atoms with van der Waals surface area (Å²) in [5, 5.41) is 3.65. The van der Waals surface area contributed by atoms with Crippen LogP contribution < -0.4 is 11.1 Å². The molecule has 0 aromatic carbocycles. The smallest absolute Gasteiger partial charge is 0.0304 e. The molecule has 0 bridgehead atoms. The fourth-order valence-corrected chi connectivity index (χ4v) is 2.47. The first kappa shape index (κ1) is 12.7. The van der Waals surface area contributed by atoms with E-state index in [-0.39, 0.29) is 5.54 Å². The van der Waals surface area contributed by atoms with Gasteiger partial charge in [0.2, 0.25) is 0 Å².